The first-order valence-corrected chi connectivity index (χ1v) is 6.13. The van der Waals surface area contributed by atoms with Crippen LogP contribution in [0.4, 0.5) is 4.79 Å². The van der Waals surface area contributed by atoms with Crippen LogP contribution in [-0.2, 0) is 4.74 Å². The van der Waals surface area contributed by atoms with Gasteiger partial charge >= 0.3 is 6.09 Å². The summed E-state index contributed by atoms with van der Waals surface area (Å²) >= 11 is 0. The molecule has 0 spiro atoms. The van der Waals surface area contributed by atoms with Crippen molar-refractivity contribution in [1.82, 2.24) is 5.32 Å². The van der Waals surface area contributed by atoms with Gasteiger partial charge in [-0.05, 0) is 45.0 Å². The molecule has 0 aliphatic carbocycles. The Balaban J connectivity index is 2.47. The lowest BCUT2D eigenvalue weighted by Gasteiger charge is -2.18. The van der Waals surface area contributed by atoms with E-state index in [4.69, 9.17) is 10.5 Å². The molecule has 2 amide bonds. The van der Waals surface area contributed by atoms with Gasteiger partial charge in [-0.1, -0.05) is 11.8 Å². The second-order valence-corrected chi connectivity index (χ2v) is 5.10. The number of hydrogen-bond acceptors (Lipinski definition) is 3. The van der Waals surface area contributed by atoms with Gasteiger partial charge in [0, 0.05) is 11.1 Å². The van der Waals surface area contributed by atoms with E-state index in [0.717, 1.165) is 5.56 Å². The quantitative estimate of drug-likeness (QED) is 0.805. The van der Waals surface area contributed by atoms with E-state index in [0.29, 0.717) is 5.56 Å². The van der Waals surface area contributed by atoms with Crippen molar-refractivity contribution < 1.29 is 14.3 Å². The van der Waals surface area contributed by atoms with Crippen molar-refractivity contribution in [3.63, 3.8) is 0 Å². The van der Waals surface area contributed by atoms with Crippen LogP contribution in [-0.4, -0.2) is 24.1 Å². The van der Waals surface area contributed by atoms with Crippen molar-refractivity contribution in [1.29, 1.82) is 0 Å². The fourth-order valence-electron chi connectivity index (χ4n) is 1.29. The molecule has 0 atom stereocenters. The number of carbonyl (C=O) groups is 2. The number of rotatable bonds is 2. The molecule has 0 aromatic heterocycles. The molecule has 1 aromatic carbocycles. The summed E-state index contributed by atoms with van der Waals surface area (Å²) in [5.74, 6) is 5.17. The first kappa shape index (κ1) is 15.6. The fraction of sp³-hybridized carbons (Fsp3) is 0.333. The summed E-state index contributed by atoms with van der Waals surface area (Å²) in [6.45, 7) is 5.56. The highest BCUT2D eigenvalue weighted by molar-refractivity contribution is 5.92. The average Bonchev–Trinajstić information content (AvgIpc) is 2.33. The average molecular weight is 274 g/mol. The molecule has 0 aliphatic rings. The molecule has 5 heteroatoms. The Hall–Kier alpha value is -2.48. The van der Waals surface area contributed by atoms with Crippen LogP contribution in [0, 0.1) is 11.8 Å². The minimum Gasteiger partial charge on any atom is -0.444 e. The zero-order chi connectivity index (χ0) is 15.2. The van der Waals surface area contributed by atoms with Crippen molar-refractivity contribution in [2.24, 2.45) is 5.73 Å². The lowest BCUT2D eigenvalue weighted by atomic mass is 10.1. The molecule has 0 heterocycles. The van der Waals surface area contributed by atoms with Crippen LogP contribution in [0.3, 0.4) is 0 Å². The Morgan fingerprint density at radius 2 is 1.85 bits per heavy atom. The van der Waals surface area contributed by atoms with Crippen molar-refractivity contribution >= 4 is 12.0 Å². The van der Waals surface area contributed by atoms with Gasteiger partial charge in [0.25, 0.3) is 0 Å². The largest absolute Gasteiger partial charge is 0.444 e. The monoisotopic (exact) mass is 274 g/mol. The summed E-state index contributed by atoms with van der Waals surface area (Å²) in [5, 5.41) is 2.53. The number of alkyl carbamates (subject to hydrolysis) is 1. The summed E-state index contributed by atoms with van der Waals surface area (Å²) in [5.41, 5.74) is 5.78. The van der Waals surface area contributed by atoms with E-state index in [9.17, 15) is 9.59 Å². The molecular weight excluding hydrogens is 256 g/mol. The van der Waals surface area contributed by atoms with Gasteiger partial charge in [-0.2, -0.15) is 0 Å². The highest BCUT2D eigenvalue weighted by Gasteiger charge is 2.14. The van der Waals surface area contributed by atoms with E-state index >= 15 is 0 Å². The molecule has 106 valence electrons. The third kappa shape index (κ3) is 5.91. The van der Waals surface area contributed by atoms with Gasteiger partial charge in [0.05, 0.1) is 6.54 Å². The molecule has 0 aliphatic heterocycles. The number of hydrogen-bond donors (Lipinski definition) is 2. The summed E-state index contributed by atoms with van der Waals surface area (Å²) in [6.07, 6.45) is -0.504. The topological polar surface area (TPSA) is 81.4 Å². The molecule has 5 nitrogen and oxygen atoms in total. The molecule has 3 N–H and O–H groups in total. The second kappa shape index (κ2) is 6.62. The molecule has 0 saturated carbocycles. The lowest BCUT2D eigenvalue weighted by molar-refractivity contribution is 0.0535. The first-order chi connectivity index (χ1) is 9.28. The molecule has 0 bridgehead atoms. The molecular formula is C15H18N2O3. The van der Waals surface area contributed by atoms with Gasteiger partial charge in [0.1, 0.15) is 5.60 Å². The molecule has 0 radical (unpaired) electrons. The zero-order valence-corrected chi connectivity index (χ0v) is 11.8. The van der Waals surface area contributed by atoms with E-state index in [1.807, 2.05) is 0 Å². The van der Waals surface area contributed by atoms with Crippen molar-refractivity contribution in [3.8, 4) is 11.8 Å². The number of nitrogens with one attached hydrogen (secondary N) is 1. The standard InChI is InChI=1S/C15H18N2O3/c1-15(2,3)20-14(19)17-10-4-5-11-6-8-12(9-7-11)13(16)18/h6-9H,10H2,1-3H3,(H2,16,18)(H,17,19). The summed E-state index contributed by atoms with van der Waals surface area (Å²) < 4.78 is 5.06. The van der Waals surface area contributed by atoms with E-state index in [-0.39, 0.29) is 6.54 Å². The van der Waals surface area contributed by atoms with Crippen LogP contribution in [0.15, 0.2) is 24.3 Å². The van der Waals surface area contributed by atoms with Gasteiger partial charge in [0.2, 0.25) is 5.91 Å². The molecule has 1 rings (SSSR count). The minimum absolute atomic E-state index is 0.187. The van der Waals surface area contributed by atoms with Gasteiger partial charge in [-0.15, -0.1) is 0 Å². The first-order valence-electron chi connectivity index (χ1n) is 6.13. The normalized spacial score (nSPS) is 10.2. The van der Waals surface area contributed by atoms with E-state index in [1.165, 1.54) is 0 Å². The van der Waals surface area contributed by atoms with Crippen LogP contribution >= 0.6 is 0 Å². The number of ether oxygens (including phenoxy) is 1. The van der Waals surface area contributed by atoms with Gasteiger partial charge in [-0.25, -0.2) is 4.79 Å². The molecule has 20 heavy (non-hydrogen) atoms. The maximum Gasteiger partial charge on any atom is 0.408 e. The van der Waals surface area contributed by atoms with E-state index < -0.39 is 17.6 Å². The Kier molecular flexibility index (Phi) is 5.15. The fourth-order valence-corrected chi connectivity index (χ4v) is 1.29. The Morgan fingerprint density at radius 1 is 1.25 bits per heavy atom. The number of carbonyl (C=O) groups excluding carboxylic acids is 2. The van der Waals surface area contributed by atoms with E-state index in [2.05, 4.69) is 17.2 Å². The Morgan fingerprint density at radius 3 is 2.35 bits per heavy atom. The minimum atomic E-state index is -0.526. The summed E-state index contributed by atoms with van der Waals surface area (Å²) in [7, 11) is 0. The highest BCUT2D eigenvalue weighted by atomic mass is 16.6. The van der Waals surface area contributed by atoms with Gasteiger partial charge < -0.3 is 15.8 Å². The number of primary amides is 1. The summed E-state index contributed by atoms with van der Waals surface area (Å²) in [6, 6.07) is 6.60. The number of amides is 2. The lowest BCUT2D eigenvalue weighted by Crippen LogP contribution is -2.32. The molecule has 0 unspecified atom stereocenters. The van der Waals surface area contributed by atoms with Crippen LogP contribution in [0.1, 0.15) is 36.7 Å². The van der Waals surface area contributed by atoms with Crippen LogP contribution in [0.25, 0.3) is 0 Å². The zero-order valence-electron chi connectivity index (χ0n) is 11.8. The summed E-state index contributed by atoms with van der Waals surface area (Å²) in [4.78, 5) is 22.2. The Bertz CT molecular complexity index is 545. The molecule has 0 fully saturated rings. The van der Waals surface area contributed by atoms with Crippen molar-refractivity contribution in [2.75, 3.05) is 6.54 Å². The number of benzene rings is 1. The predicted octanol–water partition coefficient (Wildman–Crippen LogP) is 1.66. The SMILES string of the molecule is CC(C)(C)OC(=O)NCC#Cc1ccc(C(N)=O)cc1. The van der Waals surface area contributed by atoms with Crippen LogP contribution in [0.5, 0.6) is 0 Å². The van der Waals surface area contributed by atoms with Gasteiger partial charge in [0.15, 0.2) is 0 Å². The third-order valence-electron chi connectivity index (χ3n) is 2.12. The Labute approximate surface area is 118 Å². The van der Waals surface area contributed by atoms with Gasteiger partial charge in [-0.3, -0.25) is 4.79 Å². The smallest absolute Gasteiger partial charge is 0.408 e. The number of nitrogens with two attached hydrogens (primary N) is 1. The maximum atomic E-state index is 11.3. The maximum absolute atomic E-state index is 11.3. The molecule has 1 aromatic rings. The van der Waals surface area contributed by atoms with Crippen LogP contribution < -0.4 is 11.1 Å². The van der Waals surface area contributed by atoms with Crippen LogP contribution in [0.2, 0.25) is 0 Å². The predicted molar refractivity (Wildman–Crippen MR) is 76.1 cm³/mol. The third-order valence-corrected chi connectivity index (χ3v) is 2.12. The highest BCUT2D eigenvalue weighted by Crippen LogP contribution is 2.06. The van der Waals surface area contributed by atoms with E-state index in [1.54, 1.807) is 45.0 Å². The second-order valence-electron chi connectivity index (χ2n) is 5.10. The van der Waals surface area contributed by atoms with Crippen molar-refractivity contribution in [2.45, 2.75) is 26.4 Å². The van der Waals surface area contributed by atoms with Crippen molar-refractivity contribution in [3.05, 3.63) is 35.4 Å². The molecule has 0 saturated heterocycles.